The predicted octanol–water partition coefficient (Wildman–Crippen LogP) is 5.08. The maximum Gasteiger partial charge on any atom is 0.212 e. The standard InChI is InChI=1S/C22H32NSi/c1-17-11-12-19(18-9-7-6-8-10-18)15-21(17)22-14-13-20(16-23(22)2)24(3,4)5/h11-16,18H,6-10H2,1-5H3/q+1. The maximum absolute atomic E-state index is 2.47. The number of aromatic nitrogens is 1. The molecule has 1 aliphatic carbocycles. The molecule has 0 N–H and O–H groups in total. The summed E-state index contributed by atoms with van der Waals surface area (Å²) in [5.74, 6) is 0.768. The molecule has 0 unspecified atom stereocenters. The van der Waals surface area contributed by atoms with Crippen molar-refractivity contribution in [1.82, 2.24) is 0 Å². The molecular formula is C22H32NSi+. The van der Waals surface area contributed by atoms with Gasteiger partial charge >= 0.3 is 0 Å². The maximum atomic E-state index is 2.47. The van der Waals surface area contributed by atoms with Crippen LogP contribution >= 0.6 is 0 Å². The molecule has 1 aliphatic rings. The Morgan fingerprint density at radius 3 is 2.29 bits per heavy atom. The second-order valence-corrected chi connectivity index (χ2v) is 13.7. The molecule has 0 amide bonds. The molecule has 1 saturated carbocycles. The summed E-state index contributed by atoms with van der Waals surface area (Å²) in [5, 5.41) is 1.52. The molecule has 0 atom stereocenters. The van der Waals surface area contributed by atoms with E-state index in [4.69, 9.17) is 0 Å². The molecule has 0 spiro atoms. The van der Waals surface area contributed by atoms with Crippen molar-refractivity contribution in [3.05, 3.63) is 47.7 Å². The number of hydrogen-bond donors (Lipinski definition) is 0. The van der Waals surface area contributed by atoms with Gasteiger partial charge in [0.1, 0.15) is 7.05 Å². The van der Waals surface area contributed by atoms with Gasteiger partial charge in [0.2, 0.25) is 5.69 Å². The van der Waals surface area contributed by atoms with Gasteiger partial charge in [-0.25, -0.2) is 4.57 Å². The van der Waals surface area contributed by atoms with Crippen molar-refractivity contribution < 1.29 is 4.57 Å². The van der Waals surface area contributed by atoms with Gasteiger partial charge in [-0.2, -0.15) is 0 Å². The summed E-state index contributed by atoms with van der Waals surface area (Å²) < 4.78 is 2.33. The van der Waals surface area contributed by atoms with Gasteiger partial charge in [-0.15, -0.1) is 0 Å². The van der Waals surface area contributed by atoms with Crippen molar-refractivity contribution >= 4 is 13.3 Å². The summed E-state index contributed by atoms with van der Waals surface area (Å²) in [4.78, 5) is 0. The van der Waals surface area contributed by atoms with Gasteiger partial charge in [0, 0.05) is 16.8 Å². The van der Waals surface area contributed by atoms with Crippen molar-refractivity contribution in [3.63, 3.8) is 0 Å². The van der Waals surface area contributed by atoms with E-state index < -0.39 is 8.07 Å². The summed E-state index contributed by atoms with van der Waals surface area (Å²) in [6.07, 6.45) is 9.29. The number of pyridine rings is 1. The molecule has 1 fully saturated rings. The third kappa shape index (κ3) is 3.64. The molecule has 1 heterocycles. The molecule has 2 heteroatoms. The number of hydrogen-bond acceptors (Lipinski definition) is 0. The van der Waals surface area contributed by atoms with E-state index in [1.807, 2.05) is 0 Å². The van der Waals surface area contributed by atoms with E-state index in [2.05, 4.69) is 74.7 Å². The lowest BCUT2D eigenvalue weighted by atomic mass is 9.83. The third-order valence-electron chi connectivity index (χ3n) is 5.61. The zero-order valence-electron chi connectivity index (χ0n) is 16.0. The summed E-state index contributed by atoms with van der Waals surface area (Å²) in [6, 6.07) is 11.8. The first kappa shape index (κ1) is 17.4. The number of benzene rings is 1. The summed E-state index contributed by atoms with van der Waals surface area (Å²) in [7, 11) is 0.939. The second-order valence-electron chi connectivity index (χ2n) is 8.57. The molecule has 1 aromatic carbocycles. The number of nitrogens with zero attached hydrogens (tertiary/aromatic N) is 1. The lowest BCUT2D eigenvalue weighted by Gasteiger charge is -2.23. The minimum Gasteiger partial charge on any atom is -0.201 e. The van der Waals surface area contributed by atoms with Gasteiger partial charge in [0.05, 0.1) is 8.07 Å². The van der Waals surface area contributed by atoms with Crippen molar-refractivity contribution in [2.75, 3.05) is 0 Å². The number of aryl methyl sites for hydroxylation is 2. The Morgan fingerprint density at radius 1 is 0.958 bits per heavy atom. The minimum atomic E-state index is -1.26. The van der Waals surface area contributed by atoms with Gasteiger partial charge in [-0.3, -0.25) is 0 Å². The molecule has 2 aromatic rings. The Morgan fingerprint density at radius 2 is 1.67 bits per heavy atom. The highest BCUT2D eigenvalue weighted by Crippen LogP contribution is 2.34. The van der Waals surface area contributed by atoms with Crippen LogP contribution in [0, 0.1) is 6.92 Å². The molecule has 1 aromatic heterocycles. The topological polar surface area (TPSA) is 3.88 Å². The summed E-state index contributed by atoms with van der Waals surface area (Å²) >= 11 is 0. The van der Waals surface area contributed by atoms with Gasteiger partial charge in [-0.1, -0.05) is 57.1 Å². The van der Waals surface area contributed by atoms with Crippen molar-refractivity contribution in [2.45, 2.75) is 64.6 Å². The normalized spacial score (nSPS) is 16.4. The van der Waals surface area contributed by atoms with Gasteiger partial charge in [0.15, 0.2) is 6.20 Å². The Hall–Kier alpha value is -1.41. The first-order valence-corrected chi connectivity index (χ1v) is 13.0. The fourth-order valence-electron chi connectivity index (χ4n) is 3.94. The Labute approximate surface area is 148 Å². The molecule has 128 valence electrons. The highest BCUT2D eigenvalue weighted by Gasteiger charge is 2.23. The quantitative estimate of drug-likeness (QED) is 0.543. The molecule has 0 bridgehead atoms. The smallest absolute Gasteiger partial charge is 0.201 e. The third-order valence-corrected chi connectivity index (χ3v) is 7.64. The lowest BCUT2D eigenvalue weighted by molar-refractivity contribution is -0.659. The van der Waals surface area contributed by atoms with Gasteiger partial charge in [0.25, 0.3) is 0 Å². The highest BCUT2D eigenvalue weighted by molar-refractivity contribution is 6.88. The molecule has 24 heavy (non-hydrogen) atoms. The van der Waals surface area contributed by atoms with Crippen LogP contribution in [0.25, 0.3) is 11.3 Å². The summed E-state index contributed by atoms with van der Waals surface area (Å²) in [6.45, 7) is 9.48. The van der Waals surface area contributed by atoms with Gasteiger partial charge in [-0.05, 0) is 42.9 Å². The Bertz CT molecular complexity index is 721. The van der Waals surface area contributed by atoms with E-state index in [-0.39, 0.29) is 0 Å². The zero-order valence-corrected chi connectivity index (χ0v) is 17.0. The van der Waals surface area contributed by atoms with Crippen LogP contribution in [0.15, 0.2) is 36.5 Å². The lowest BCUT2D eigenvalue weighted by Crippen LogP contribution is -2.45. The van der Waals surface area contributed by atoms with E-state index in [1.54, 1.807) is 5.56 Å². The average Bonchev–Trinajstić information content (AvgIpc) is 2.55. The first-order valence-electron chi connectivity index (χ1n) is 9.47. The molecule has 0 saturated heterocycles. The average molecular weight is 339 g/mol. The van der Waals surface area contributed by atoms with Crippen molar-refractivity contribution in [1.29, 1.82) is 0 Å². The molecular weight excluding hydrogens is 306 g/mol. The van der Waals surface area contributed by atoms with E-state index in [0.29, 0.717) is 0 Å². The SMILES string of the molecule is Cc1ccc(C2CCCCC2)cc1-c1ccc([Si](C)(C)C)c[n+]1C. The summed E-state index contributed by atoms with van der Waals surface area (Å²) in [5.41, 5.74) is 5.67. The molecule has 0 aliphatic heterocycles. The van der Waals surface area contributed by atoms with Crippen LogP contribution in [0.4, 0.5) is 0 Å². The monoisotopic (exact) mass is 338 g/mol. The largest absolute Gasteiger partial charge is 0.212 e. The van der Waals surface area contributed by atoms with Crippen LogP contribution in [0.3, 0.4) is 0 Å². The van der Waals surface area contributed by atoms with Crippen LogP contribution in [-0.2, 0) is 7.05 Å². The van der Waals surface area contributed by atoms with Crippen LogP contribution < -0.4 is 9.75 Å². The van der Waals surface area contributed by atoms with E-state index in [1.165, 1.54) is 54.1 Å². The molecule has 1 nitrogen and oxygen atoms in total. The van der Waals surface area contributed by atoms with Crippen LogP contribution in [0.5, 0.6) is 0 Å². The van der Waals surface area contributed by atoms with Gasteiger partial charge < -0.3 is 0 Å². The predicted molar refractivity (Wildman–Crippen MR) is 107 cm³/mol. The number of rotatable bonds is 3. The van der Waals surface area contributed by atoms with E-state index in [0.717, 1.165) is 5.92 Å². The van der Waals surface area contributed by atoms with E-state index >= 15 is 0 Å². The molecule has 3 rings (SSSR count). The Kier molecular flexibility index (Phi) is 4.96. The Balaban J connectivity index is 1.99. The fraction of sp³-hybridized carbons (Fsp3) is 0.500. The van der Waals surface area contributed by atoms with Crippen molar-refractivity contribution in [2.24, 2.45) is 7.05 Å². The second kappa shape index (κ2) is 6.83. The highest BCUT2D eigenvalue weighted by atomic mass is 28.3. The van der Waals surface area contributed by atoms with E-state index in [9.17, 15) is 0 Å². The molecule has 0 radical (unpaired) electrons. The van der Waals surface area contributed by atoms with Crippen LogP contribution in [-0.4, -0.2) is 8.07 Å². The minimum absolute atomic E-state index is 0.768. The van der Waals surface area contributed by atoms with Crippen LogP contribution in [0.1, 0.15) is 49.1 Å². The fourth-order valence-corrected chi connectivity index (χ4v) is 5.10. The zero-order chi connectivity index (χ0) is 17.3. The van der Waals surface area contributed by atoms with Crippen molar-refractivity contribution in [3.8, 4) is 11.3 Å². The first-order chi connectivity index (χ1) is 11.4. The van der Waals surface area contributed by atoms with Crippen LogP contribution in [0.2, 0.25) is 19.6 Å².